The number of aryl methyl sites for hydroxylation is 3. The number of aromatic nitrogens is 3. The van der Waals surface area contributed by atoms with Gasteiger partial charge in [-0.05, 0) is 42.9 Å². The third kappa shape index (κ3) is 3.38. The van der Waals surface area contributed by atoms with Crippen LogP contribution in [-0.4, -0.2) is 45.4 Å². The maximum absolute atomic E-state index is 12.9. The van der Waals surface area contributed by atoms with Crippen LogP contribution in [0.1, 0.15) is 37.2 Å². The van der Waals surface area contributed by atoms with E-state index in [9.17, 15) is 9.59 Å². The Balaban J connectivity index is 1.50. The Morgan fingerprint density at radius 1 is 1.26 bits per heavy atom. The van der Waals surface area contributed by atoms with Crippen LogP contribution in [0.3, 0.4) is 0 Å². The number of likely N-dealkylation sites (tertiary alicyclic amines) is 1. The SMILES string of the molecule is COc1ccc(CCn2nc3n(c2=O)[C@H](C(=O)N2CC(C)C2)CCC3)cc1. The predicted molar refractivity (Wildman–Crippen MR) is 101 cm³/mol. The lowest BCUT2D eigenvalue weighted by Gasteiger charge is -2.40. The minimum absolute atomic E-state index is 0.0749. The summed E-state index contributed by atoms with van der Waals surface area (Å²) in [5, 5.41) is 4.52. The molecule has 2 aromatic rings. The lowest BCUT2D eigenvalue weighted by molar-refractivity contribution is -0.141. The molecule has 1 amide bonds. The molecule has 7 nitrogen and oxygen atoms in total. The molecule has 2 aliphatic heterocycles. The Hall–Kier alpha value is -2.57. The standard InChI is InChI=1S/C20H26N4O3/c1-14-12-22(13-14)19(25)17-4-3-5-18-21-23(20(26)24(17)18)11-10-15-6-8-16(27-2)9-7-15/h6-9,14,17H,3-5,10-13H2,1-2H3/t17-/m0/s1. The maximum atomic E-state index is 12.9. The molecule has 4 rings (SSSR count). The number of hydrogen-bond donors (Lipinski definition) is 0. The third-order valence-corrected chi connectivity index (χ3v) is 5.56. The molecule has 2 aliphatic rings. The highest BCUT2D eigenvalue weighted by Crippen LogP contribution is 2.27. The molecule has 1 atom stereocenters. The Morgan fingerprint density at radius 3 is 2.67 bits per heavy atom. The van der Waals surface area contributed by atoms with Crippen LogP contribution >= 0.6 is 0 Å². The summed E-state index contributed by atoms with van der Waals surface area (Å²) >= 11 is 0. The van der Waals surface area contributed by atoms with Crippen molar-refractivity contribution < 1.29 is 9.53 Å². The smallest absolute Gasteiger partial charge is 0.346 e. The van der Waals surface area contributed by atoms with E-state index in [-0.39, 0.29) is 17.6 Å². The van der Waals surface area contributed by atoms with Crippen molar-refractivity contribution in [3.8, 4) is 5.75 Å². The first-order chi connectivity index (χ1) is 13.1. The number of carbonyl (C=O) groups excluding carboxylic acids is 1. The first-order valence-corrected chi connectivity index (χ1v) is 9.66. The number of benzene rings is 1. The summed E-state index contributed by atoms with van der Waals surface area (Å²) in [6.07, 6.45) is 3.09. The molecule has 1 aromatic carbocycles. The highest BCUT2D eigenvalue weighted by molar-refractivity contribution is 5.81. The topological polar surface area (TPSA) is 69.4 Å². The molecular weight excluding hydrogens is 344 g/mol. The number of methoxy groups -OCH3 is 1. The first-order valence-electron chi connectivity index (χ1n) is 9.66. The van der Waals surface area contributed by atoms with E-state index in [1.807, 2.05) is 29.2 Å². The van der Waals surface area contributed by atoms with E-state index in [1.165, 1.54) is 4.68 Å². The summed E-state index contributed by atoms with van der Waals surface area (Å²) in [5.41, 5.74) is 0.959. The van der Waals surface area contributed by atoms with E-state index in [0.29, 0.717) is 18.9 Å². The van der Waals surface area contributed by atoms with E-state index >= 15 is 0 Å². The molecule has 3 heterocycles. The summed E-state index contributed by atoms with van der Waals surface area (Å²) in [4.78, 5) is 27.6. The van der Waals surface area contributed by atoms with Gasteiger partial charge in [-0.3, -0.25) is 9.36 Å². The van der Waals surface area contributed by atoms with Crippen molar-refractivity contribution in [1.29, 1.82) is 0 Å². The number of hydrogen-bond acceptors (Lipinski definition) is 4. The van der Waals surface area contributed by atoms with Gasteiger partial charge in [0.05, 0.1) is 13.7 Å². The van der Waals surface area contributed by atoms with Crippen molar-refractivity contribution in [2.75, 3.05) is 20.2 Å². The molecule has 144 valence electrons. The molecule has 0 N–H and O–H groups in total. The Morgan fingerprint density at radius 2 is 2.00 bits per heavy atom. The second kappa shape index (κ2) is 7.21. The van der Waals surface area contributed by atoms with E-state index < -0.39 is 0 Å². The third-order valence-electron chi connectivity index (χ3n) is 5.56. The van der Waals surface area contributed by atoms with Gasteiger partial charge in [0.1, 0.15) is 17.6 Å². The molecule has 1 saturated heterocycles. The van der Waals surface area contributed by atoms with Crippen molar-refractivity contribution in [3.05, 3.63) is 46.1 Å². The average Bonchev–Trinajstić information content (AvgIpc) is 2.99. The van der Waals surface area contributed by atoms with Gasteiger partial charge >= 0.3 is 5.69 Å². The molecule has 0 saturated carbocycles. The Kier molecular flexibility index (Phi) is 4.76. The van der Waals surface area contributed by atoms with E-state index in [4.69, 9.17) is 4.74 Å². The van der Waals surface area contributed by atoms with Crippen LogP contribution in [0.4, 0.5) is 0 Å². The second-order valence-electron chi connectivity index (χ2n) is 7.65. The second-order valence-corrected chi connectivity index (χ2v) is 7.65. The molecule has 1 fully saturated rings. The lowest BCUT2D eigenvalue weighted by Crippen LogP contribution is -2.52. The van der Waals surface area contributed by atoms with Gasteiger partial charge in [-0.15, -0.1) is 0 Å². The highest BCUT2D eigenvalue weighted by Gasteiger charge is 2.36. The van der Waals surface area contributed by atoms with E-state index in [0.717, 1.165) is 49.5 Å². The minimum Gasteiger partial charge on any atom is -0.497 e. The van der Waals surface area contributed by atoms with Crippen LogP contribution in [0.15, 0.2) is 29.1 Å². The molecule has 0 spiro atoms. The van der Waals surface area contributed by atoms with Crippen molar-refractivity contribution >= 4 is 5.91 Å². The van der Waals surface area contributed by atoms with Crippen molar-refractivity contribution in [1.82, 2.24) is 19.2 Å². The van der Waals surface area contributed by atoms with Gasteiger partial charge in [0.25, 0.3) is 0 Å². The number of nitrogens with zero attached hydrogens (tertiary/aromatic N) is 4. The quantitative estimate of drug-likeness (QED) is 0.803. The number of amides is 1. The maximum Gasteiger partial charge on any atom is 0.346 e. The molecule has 0 bridgehead atoms. The molecule has 1 aromatic heterocycles. The number of carbonyl (C=O) groups is 1. The fourth-order valence-electron chi connectivity index (χ4n) is 4.03. The Bertz CT molecular complexity index is 878. The highest BCUT2D eigenvalue weighted by atomic mass is 16.5. The molecule has 0 radical (unpaired) electrons. The summed E-state index contributed by atoms with van der Waals surface area (Å²) in [6, 6.07) is 7.44. The Labute approximate surface area is 158 Å². The van der Waals surface area contributed by atoms with Gasteiger partial charge in [0.15, 0.2) is 0 Å². The van der Waals surface area contributed by atoms with Gasteiger partial charge in [0, 0.05) is 19.5 Å². The normalized spacial score (nSPS) is 19.5. The fourth-order valence-corrected chi connectivity index (χ4v) is 4.03. The average molecular weight is 370 g/mol. The zero-order valence-electron chi connectivity index (χ0n) is 15.9. The molecular formula is C20H26N4O3. The lowest BCUT2D eigenvalue weighted by atomic mass is 9.98. The van der Waals surface area contributed by atoms with Gasteiger partial charge in [0.2, 0.25) is 5.91 Å². The first kappa shape index (κ1) is 17.8. The zero-order chi connectivity index (χ0) is 19.0. The van der Waals surface area contributed by atoms with Gasteiger partial charge in [-0.2, -0.15) is 5.10 Å². The van der Waals surface area contributed by atoms with Crippen LogP contribution in [0.25, 0.3) is 0 Å². The summed E-state index contributed by atoms with van der Waals surface area (Å²) < 4.78 is 8.33. The van der Waals surface area contributed by atoms with Gasteiger partial charge in [-0.1, -0.05) is 19.1 Å². The zero-order valence-corrected chi connectivity index (χ0v) is 15.9. The minimum atomic E-state index is -0.386. The largest absolute Gasteiger partial charge is 0.497 e. The van der Waals surface area contributed by atoms with Crippen LogP contribution in [0.2, 0.25) is 0 Å². The van der Waals surface area contributed by atoms with Crippen molar-refractivity contribution in [3.63, 3.8) is 0 Å². The van der Waals surface area contributed by atoms with E-state index in [1.54, 1.807) is 11.7 Å². The van der Waals surface area contributed by atoms with Gasteiger partial charge < -0.3 is 9.64 Å². The summed E-state index contributed by atoms with van der Waals surface area (Å²) in [6.45, 7) is 4.24. The van der Waals surface area contributed by atoms with Crippen LogP contribution < -0.4 is 10.4 Å². The molecule has 0 aliphatic carbocycles. The summed E-state index contributed by atoms with van der Waals surface area (Å²) in [5.74, 6) is 2.19. The molecule has 0 unspecified atom stereocenters. The molecule has 7 heteroatoms. The molecule has 27 heavy (non-hydrogen) atoms. The summed E-state index contributed by atoms with van der Waals surface area (Å²) in [7, 11) is 1.64. The van der Waals surface area contributed by atoms with Crippen LogP contribution in [0.5, 0.6) is 5.75 Å². The van der Waals surface area contributed by atoms with Gasteiger partial charge in [-0.25, -0.2) is 9.48 Å². The number of fused-ring (bicyclic) bond motifs is 1. The van der Waals surface area contributed by atoms with Crippen molar-refractivity contribution in [2.45, 2.75) is 45.2 Å². The van der Waals surface area contributed by atoms with E-state index in [2.05, 4.69) is 12.0 Å². The number of rotatable bonds is 5. The van der Waals surface area contributed by atoms with Crippen LogP contribution in [0, 0.1) is 5.92 Å². The predicted octanol–water partition coefficient (Wildman–Crippen LogP) is 1.65. The van der Waals surface area contributed by atoms with Crippen molar-refractivity contribution in [2.24, 2.45) is 5.92 Å². The fraction of sp³-hybridized carbons (Fsp3) is 0.550. The monoisotopic (exact) mass is 370 g/mol. The van der Waals surface area contributed by atoms with Crippen LogP contribution in [-0.2, 0) is 24.2 Å². The number of ether oxygens (including phenoxy) is 1.